The lowest BCUT2D eigenvalue weighted by Crippen LogP contribution is -2.46. The summed E-state index contributed by atoms with van der Waals surface area (Å²) in [6, 6.07) is 15.3. The minimum atomic E-state index is -0.402. The van der Waals surface area contributed by atoms with E-state index >= 15 is 0 Å². The maximum absolute atomic E-state index is 12.8. The van der Waals surface area contributed by atoms with Gasteiger partial charge in [0.05, 0.1) is 0 Å². The molecule has 2 N–H and O–H groups in total. The van der Waals surface area contributed by atoms with Gasteiger partial charge in [0.2, 0.25) is 5.91 Å². The summed E-state index contributed by atoms with van der Waals surface area (Å²) in [5, 5.41) is 0. The standard InChI is InChI=1S/C24H24N4O2/c25-24(30)18-5-3-16(4-6-18)12-27-13-17-8-21(15-27)22-9-20(10-23(29)28(22)14-17)19-2-1-7-26-11-19/h1-7,9-11,17,21H,8,12-15H2,(H2,25,30)/t17-,21+/m0/s1. The van der Waals surface area contributed by atoms with Crippen LogP contribution in [0.15, 0.2) is 65.7 Å². The fraction of sp³-hybridized carbons (Fsp3) is 0.292. The maximum atomic E-state index is 12.8. The molecular weight excluding hydrogens is 376 g/mol. The molecule has 0 saturated carbocycles. The van der Waals surface area contributed by atoms with Gasteiger partial charge in [0.15, 0.2) is 0 Å². The van der Waals surface area contributed by atoms with Crippen molar-refractivity contribution in [2.75, 3.05) is 13.1 Å². The molecule has 0 radical (unpaired) electrons. The van der Waals surface area contributed by atoms with Crippen molar-refractivity contribution in [3.8, 4) is 11.1 Å². The molecule has 2 atom stereocenters. The van der Waals surface area contributed by atoms with Gasteiger partial charge in [-0.2, -0.15) is 0 Å². The lowest BCUT2D eigenvalue weighted by Gasteiger charge is -2.43. The Labute approximate surface area is 175 Å². The van der Waals surface area contributed by atoms with Crippen molar-refractivity contribution >= 4 is 5.91 Å². The number of hydrogen-bond acceptors (Lipinski definition) is 4. The number of likely N-dealkylation sites (tertiary alicyclic amines) is 1. The molecule has 1 fully saturated rings. The minimum absolute atomic E-state index is 0.0801. The highest BCUT2D eigenvalue weighted by Crippen LogP contribution is 2.37. The predicted molar refractivity (Wildman–Crippen MR) is 115 cm³/mol. The van der Waals surface area contributed by atoms with Crippen LogP contribution >= 0.6 is 0 Å². The zero-order chi connectivity index (χ0) is 20.7. The summed E-state index contributed by atoms with van der Waals surface area (Å²) < 4.78 is 1.97. The van der Waals surface area contributed by atoms with Crippen LogP contribution in [0.1, 0.15) is 34.0 Å². The number of fused-ring (bicyclic) bond motifs is 4. The molecule has 2 aliphatic rings. The van der Waals surface area contributed by atoms with Crippen LogP contribution in [0.5, 0.6) is 0 Å². The van der Waals surface area contributed by atoms with Gasteiger partial charge in [-0.15, -0.1) is 0 Å². The number of rotatable bonds is 4. The van der Waals surface area contributed by atoms with Crippen molar-refractivity contribution in [3.63, 3.8) is 0 Å². The molecule has 152 valence electrons. The number of benzene rings is 1. The number of nitrogens with two attached hydrogens (primary N) is 1. The molecule has 30 heavy (non-hydrogen) atoms. The Kier molecular flexibility index (Phi) is 4.71. The highest BCUT2D eigenvalue weighted by atomic mass is 16.1. The SMILES string of the molecule is NC(=O)c1ccc(CN2C[C@@H]3C[C@H](C2)c2cc(-c4cccnc4)cc(=O)n2C3)cc1. The number of amides is 1. The molecular formula is C24H24N4O2. The topological polar surface area (TPSA) is 81.2 Å². The molecule has 1 aromatic carbocycles. The van der Waals surface area contributed by atoms with Crippen LogP contribution in [0, 0.1) is 5.92 Å². The monoisotopic (exact) mass is 400 g/mol. The zero-order valence-electron chi connectivity index (χ0n) is 16.7. The van der Waals surface area contributed by atoms with Gasteiger partial charge in [0.25, 0.3) is 5.56 Å². The van der Waals surface area contributed by atoms with Crippen LogP contribution in [-0.4, -0.2) is 33.4 Å². The van der Waals surface area contributed by atoms with E-state index in [0.29, 0.717) is 17.4 Å². The highest BCUT2D eigenvalue weighted by Gasteiger charge is 2.34. The van der Waals surface area contributed by atoms with E-state index < -0.39 is 5.91 Å². The first-order valence-corrected chi connectivity index (χ1v) is 10.3. The summed E-state index contributed by atoms with van der Waals surface area (Å²) in [5.41, 5.74) is 10.2. The number of primary amides is 1. The molecule has 1 saturated heterocycles. The van der Waals surface area contributed by atoms with E-state index in [1.54, 1.807) is 30.6 Å². The van der Waals surface area contributed by atoms with Crippen molar-refractivity contribution in [2.24, 2.45) is 11.7 Å². The van der Waals surface area contributed by atoms with Gasteiger partial charge < -0.3 is 10.3 Å². The second kappa shape index (κ2) is 7.54. The summed E-state index contributed by atoms with van der Waals surface area (Å²) in [6.07, 6.45) is 4.67. The highest BCUT2D eigenvalue weighted by molar-refractivity contribution is 5.92. The van der Waals surface area contributed by atoms with E-state index in [1.165, 1.54) is 5.56 Å². The first-order chi connectivity index (χ1) is 14.6. The summed E-state index contributed by atoms with van der Waals surface area (Å²) in [4.78, 5) is 30.8. The van der Waals surface area contributed by atoms with E-state index in [9.17, 15) is 9.59 Å². The van der Waals surface area contributed by atoms with Gasteiger partial charge in [0.1, 0.15) is 0 Å². The van der Waals surface area contributed by atoms with Crippen molar-refractivity contribution < 1.29 is 4.79 Å². The second-order valence-corrected chi connectivity index (χ2v) is 8.41. The molecule has 5 rings (SSSR count). The van der Waals surface area contributed by atoms with Crippen LogP contribution in [0.4, 0.5) is 0 Å². The van der Waals surface area contributed by atoms with Crippen molar-refractivity contribution in [2.45, 2.75) is 25.4 Å². The number of hydrogen-bond donors (Lipinski definition) is 1. The van der Waals surface area contributed by atoms with E-state index in [1.807, 2.05) is 28.8 Å². The van der Waals surface area contributed by atoms with Gasteiger partial charge in [-0.1, -0.05) is 18.2 Å². The Morgan fingerprint density at radius 3 is 2.63 bits per heavy atom. The zero-order valence-corrected chi connectivity index (χ0v) is 16.7. The number of aromatic nitrogens is 2. The first-order valence-electron chi connectivity index (χ1n) is 10.3. The average Bonchev–Trinajstić information content (AvgIpc) is 2.75. The van der Waals surface area contributed by atoms with Crippen molar-refractivity contribution in [3.05, 3.63) is 88.1 Å². The van der Waals surface area contributed by atoms with Gasteiger partial charge in [-0.05, 0) is 47.7 Å². The fourth-order valence-electron chi connectivity index (χ4n) is 4.92. The number of carbonyl (C=O) groups is 1. The third kappa shape index (κ3) is 3.55. The number of pyridine rings is 2. The Morgan fingerprint density at radius 2 is 1.90 bits per heavy atom. The van der Waals surface area contributed by atoms with Gasteiger partial charge >= 0.3 is 0 Å². The third-order valence-corrected chi connectivity index (χ3v) is 6.27. The molecule has 6 nitrogen and oxygen atoms in total. The summed E-state index contributed by atoms with van der Waals surface area (Å²) in [6.45, 7) is 3.50. The molecule has 0 unspecified atom stereocenters. The molecule has 1 amide bonds. The number of nitrogens with zero attached hydrogens (tertiary/aromatic N) is 3. The third-order valence-electron chi connectivity index (χ3n) is 6.27. The molecule has 4 heterocycles. The Bertz CT molecular complexity index is 1140. The number of piperidine rings is 1. The Hall–Kier alpha value is -3.25. The van der Waals surface area contributed by atoms with Crippen molar-refractivity contribution in [1.82, 2.24) is 14.5 Å². The molecule has 3 aromatic rings. The van der Waals surface area contributed by atoms with Crippen LogP contribution in [0.25, 0.3) is 11.1 Å². The van der Waals surface area contributed by atoms with E-state index in [-0.39, 0.29) is 5.56 Å². The lowest BCUT2D eigenvalue weighted by molar-refractivity contribution is 0.1000. The summed E-state index contributed by atoms with van der Waals surface area (Å²) in [7, 11) is 0. The van der Waals surface area contributed by atoms with Crippen LogP contribution < -0.4 is 11.3 Å². The summed E-state index contributed by atoms with van der Waals surface area (Å²) >= 11 is 0. The van der Waals surface area contributed by atoms with Crippen LogP contribution in [0.3, 0.4) is 0 Å². The number of carbonyl (C=O) groups excluding carboxylic acids is 1. The van der Waals surface area contributed by atoms with Gasteiger partial charge in [-0.3, -0.25) is 19.5 Å². The maximum Gasteiger partial charge on any atom is 0.251 e. The van der Waals surface area contributed by atoms with E-state index in [2.05, 4.69) is 16.0 Å². The molecule has 0 aliphatic carbocycles. The lowest BCUT2D eigenvalue weighted by atomic mass is 9.82. The fourth-order valence-corrected chi connectivity index (χ4v) is 4.92. The molecule has 2 aromatic heterocycles. The largest absolute Gasteiger partial charge is 0.366 e. The van der Waals surface area contributed by atoms with Gasteiger partial charge in [0, 0.05) is 67.4 Å². The second-order valence-electron chi connectivity index (χ2n) is 8.41. The van der Waals surface area contributed by atoms with Gasteiger partial charge in [-0.25, -0.2) is 0 Å². The minimum Gasteiger partial charge on any atom is -0.366 e. The Morgan fingerprint density at radius 1 is 1.07 bits per heavy atom. The quantitative estimate of drug-likeness (QED) is 0.730. The Balaban J connectivity index is 1.40. The van der Waals surface area contributed by atoms with Crippen LogP contribution in [0.2, 0.25) is 0 Å². The normalized spacial score (nSPS) is 20.5. The molecule has 0 spiro atoms. The first kappa shape index (κ1) is 18.8. The average molecular weight is 400 g/mol. The van der Waals surface area contributed by atoms with E-state index in [4.69, 9.17) is 5.73 Å². The smallest absolute Gasteiger partial charge is 0.251 e. The van der Waals surface area contributed by atoms with Crippen molar-refractivity contribution in [1.29, 1.82) is 0 Å². The van der Waals surface area contributed by atoms with E-state index in [0.717, 1.165) is 49.4 Å². The van der Waals surface area contributed by atoms with Crippen LogP contribution in [-0.2, 0) is 13.1 Å². The molecule has 2 aliphatic heterocycles. The molecule has 2 bridgehead atoms. The predicted octanol–water partition coefficient (Wildman–Crippen LogP) is 2.63. The summed E-state index contributed by atoms with van der Waals surface area (Å²) in [5.74, 6) is 0.412. The molecule has 6 heteroatoms.